The second-order valence-corrected chi connectivity index (χ2v) is 7.10. The predicted molar refractivity (Wildman–Crippen MR) is 111 cm³/mol. The highest BCUT2D eigenvalue weighted by molar-refractivity contribution is 5.64. The number of benzene rings is 2. The average molecular weight is 490 g/mol. The van der Waals surface area contributed by atoms with Crippen molar-refractivity contribution in [2.24, 2.45) is 0 Å². The number of ether oxygens (including phenoxy) is 2. The Bertz CT molecular complexity index is 845. The maximum atomic E-state index is 6.35. The normalized spacial score (nSPS) is 20.1. The zero-order valence-corrected chi connectivity index (χ0v) is 18.6. The SMILES string of the molecule is CCC[N+]1(CCC)c2ccccc2OC1C=CC=C1Nc2ccccc2O1.[I-]. The summed E-state index contributed by atoms with van der Waals surface area (Å²) in [6.45, 7) is 6.62. The first-order valence-electron chi connectivity index (χ1n) is 9.82. The van der Waals surface area contributed by atoms with E-state index in [9.17, 15) is 0 Å². The van der Waals surface area contributed by atoms with E-state index >= 15 is 0 Å². The van der Waals surface area contributed by atoms with E-state index in [1.807, 2.05) is 42.5 Å². The number of allylic oxidation sites excluding steroid dienone is 2. The number of quaternary nitrogens is 1. The summed E-state index contributed by atoms with van der Waals surface area (Å²) >= 11 is 0. The van der Waals surface area contributed by atoms with E-state index in [2.05, 4.69) is 43.4 Å². The first-order chi connectivity index (χ1) is 13.3. The molecule has 2 heterocycles. The molecule has 2 aromatic rings. The standard InChI is InChI=1S/C23H27N2O2.HI/c1-3-16-25(17-4-2)19-11-6-8-13-21(19)27-23(25)15-9-14-22-24-18-10-5-7-12-20(18)26-22;/h5-15,23-24H,3-4,16-17H2,1-2H3;1H/q+1;/p-1. The van der Waals surface area contributed by atoms with Gasteiger partial charge < -0.3 is 38.8 Å². The van der Waals surface area contributed by atoms with Crippen molar-refractivity contribution in [2.75, 3.05) is 18.4 Å². The van der Waals surface area contributed by atoms with Crippen LogP contribution in [0.2, 0.25) is 0 Å². The lowest BCUT2D eigenvalue weighted by Gasteiger charge is -2.36. The summed E-state index contributed by atoms with van der Waals surface area (Å²) in [7, 11) is 0. The average Bonchev–Trinajstić information content (AvgIpc) is 3.22. The predicted octanol–water partition coefficient (Wildman–Crippen LogP) is 2.44. The first kappa shape index (κ1) is 20.7. The molecule has 0 aromatic heterocycles. The number of nitrogens with zero attached hydrogens (tertiary/aromatic N) is 1. The van der Waals surface area contributed by atoms with Gasteiger partial charge in [-0.1, -0.05) is 44.2 Å². The van der Waals surface area contributed by atoms with Crippen LogP contribution in [0.4, 0.5) is 11.4 Å². The monoisotopic (exact) mass is 490 g/mol. The van der Waals surface area contributed by atoms with Crippen molar-refractivity contribution in [2.45, 2.75) is 32.9 Å². The fraction of sp³-hybridized carbons (Fsp3) is 0.304. The van der Waals surface area contributed by atoms with Gasteiger partial charge in [-0.3, -0.25) is 0 Å². The Labute approximate surface area is 184 Å². The van der Waals surface area contributed by atoms with Crippen molar-refractivity contribution >= 4 is 11.4 Å². The number of para-hydroxylation sites is 4. The highest BCUT2D eigenvalue weighted by Gasteiger charge is 2.46. The number of halogens is 1. The summed E-state index contributed by atoms with van der Waals surface area (Å²) in [6.07, 6.45) is 8.39. The largest absolute Gasteiger partial charge is 1.00 e. The highest BCUT2D eigenvalue weighted by atomic mass is 127. The Balaban J connectivity index is 0.00000225. The minimum Gasteiger partial charge on any atom is -1.00 e. The summed E-state index contributed by atoms with van der Waals surface area (Å²) in [6, 6.07) is 16.4. The summed E-state index contributed by atoms with van der Waals surface area (Å²) in [5.74, 6) is 2.61. The molecule has 1 N–H and O–H groups in total. The van der Waals surface area contributed by atoms with Crippen molar-refractivity contribution in [1.82, 2.24) is 4.48 Å². The molecular formula is C23H27IN2O2. The molecule has 0 saturated carbocycles. The summed E-state index contributed by atoms with van der Waals surface area (Å²) in [4.78, 5) is 0. The van der Waals surface area contributed by atoms with Gasteiger partial charge in [-0.15, -0.1) is 0 Å². The van der Waals surface area contributed by atoms with Crippen molar-refractivity contribution in [1.29, 1.82) is 0 Å². The summed E-state index contributed by atoms with van der Waals surface area (Å²) in [5, 5.41) is 3.29. The summed E-state index contributed by atoms with van der Waals surface area (Å²) in [5.41, 5.74) is 2.30. The Kier molecular flexibility index (Phi) is 6.67. The molecule has 0 aliphatic carbocycles. The maximum Gasteiger partial charge on any atom is 0.258 e. The third kappa shape index (κ3) is 3.78. The van der Waals surface area contributed by atoms with E-state index in [4.69, 9.17) is 9.47 Å². The Morgan fingerprint density at radius 2 is 1.64 bits per heavy atom. The van der Waals surface area contributed by atoms with Crippen LogP contribution in [0.5, 0.6) is 11.5 Å². The van der Waals surface area contributed by atoms with Crippen LogP contribution in [-0.2, 0) is 0 Å². The molecule has 1 atom stereocenters. The third-order valence-corrected chi connectivity index (χ3v) is 5.21. The van der Waals surface area contributed by atoms with Crippen LogP contribution < -0.4 is 43.3 Å². The van der Waals surface area contributed by atoms with E-state index < -0.39 is 0 Å². The number of nitrogens with one attached hydrogen (secondary N) is 1. The second-order valence-electron chi connectivity index (χ2n) is 7.10. The van der Waals surface area contributed by atoms with Gasteiger partial charge in [-0.05, 0) is 37.1 Å². The molecule has 4 rings (SSSR count). The van der Waals surface area contributed by atoms with Crippen molar-refractivity contribution in [3.8, 4) is 11.5 Å². The van der Waals surface area contributed by atoms with E-state index in [0.717, 1.165) is 53.5 Å². The lowest BCUT2D eigenvalue weighted by Crippen LogP contribution is -3.00. The second kappa shape index (κ2) is 9.01. The first-order valence-corrected chi connectivity index (χ1v) is 9.82. The van der Waals surface area contributed by atoms with Gasteiger partial charge in [0.05, 0.1) is 18.8 Å². The molecule has 1 unspecified atom stereocenters. The molecular weight excluding hydrogens is 463 g/mol. The zero-order chi connectivity index (χ0) is 18.7. The molecule has 0 amide bonds. The van der Waals surface area contributed by atoms with Crippen LogP contribution in [0.15, 0.2) is 72.6 Å². The van der Waals surface area contributed by atoms with E-state index in [1.165, 1.54) is 5.69 Å². The Hall–Kier alpha value is -1.99. The van der Waals surface area contributed by atoms with E-state index in [-0.39, 0.29) is 30.2 Å². The number of hydrogen-bond donors (Lipinski definition) is 1. The maximum absolute atomic E-state index is 6.35. The van der Waals surface area contributed by atoms with Gasteiger partial charge in [0, 0.05) is 12.1 Å². The Morgan fingerprint density at radius 3 is 2.36 bits per heavy atom. The van der Waals surface area contributed by atoms with Gasteiger partial charge in [0.25, 0.3) is 6.23 Å². The zero-order valence-electron chi connectivity index (χ0n) is 16.4. The van der Waals surface area contributed by atoms with Crippen LogP contribution in [0, 0.1) is 0 Å². The van der Waals surface area contributed by atoms with Crippen molar-refractivity contribution in [3.63, 3.8) is 0 Å². The van der Waals surface area contributed by atoms with E-state index in [1.54, 1.807) is 0 Å². The lowest BCUT2D eigenvalue weighted by molar-refractivity contribution is -0.00000657. The lowest BCUT2D eigenvalue weighted by atomic mass is 10.1. The fourth-order valence-electron chi connectivity index (χ4n) is 4.15. The van der Waals surface area contributed by atoms with Crippen molar-refractivity contribution in [3.05, 3.63) is 72.6 Å². The topological polar surface area (TPSA) is 30.5 Å². The number of fused-ring (bicyclic) bond motifs is 2. The third-order valence-electron chi connectivity index (χ3n) is 5.21. The molecule has 0 bridgehead atoms. The van der Waals surface area contributed by atoms with Gasteiger partial charge in [0.1, 0.15) is 0 Å². The van der Waals surface area contributed by atoms with Gasteiger partial charge in [0.15, 0.2) is 23.1 Å². The van der Waals surface area contributed by atoms with Crippen LogP contribution in [0.25, 0.3) is 0 Å². The summed E-state index contributed by atoms with van der Waals surface area (Å²) < 4.78 is 13.0. The highest BCUT2D eigenvalue weighted by Crippen LogP contribution is 2.43. The van der Waals surface area contributed by atoms with E-state index in [0.29, 0.717) is 0 Å². The van der Waals surface area contributed by atoms with Gasteiger partial charge >= 0.3 is 0 Å². The quantitative estimate of drug-likeness (QED) is 0.499. The number of hydrogen-bond acceptors (Lipinski definition) is 3. The van der Waals surface area contributed by atoms with Gasteiger partial charge in [0.2, 0.25) is 0 Å². The molecule has 148 valence electrons. The number of anilines is 1. The molecule has 2 aliphatic rings. The molecule has 5 heteroatoms. The van der Waals surface area contributed by atoms with Crippen LogP contribution in [0.1, 0.15) is 26.7 Å². The van der Waals surface area contributed by atoms with Crippen LogP contribution in [0.3, 0.4) is 0 Å². The minimum absolute atomic E-state index is 0. The molecule has 2 aliphatic heterocycles. The van der Waals surface area contributed by atoms with Crippen molar-refractivity contribution < 1.29 is 33.5 Å². The fourth-order valence-corrected chi connectivity index (χ4v) is 4.15. The minimum atomic E-state index is -0.0112. The van der Waals surface area contributed by atoms with Crippen LogP contribution in [-0.4, -0.2) is 19.3 Å². The Morgan fingerprint density at radius 1 is 0.964 bits per heavy atom. The van der Waals surface area contributed by atoms with Crippen LogP contribution >= 0.6 is 0 Å². The van der Waals surface area contributed by atoms with Gasteiger partial charge in [-0.2, -0.15) is 0 Å². The molecule has 0 fully saturated rings. The smallest absolute Gasteiger partial charge is 0.258 e. The molecule has 0 radical (unpaired) electrons. The number of rotatable bonds is 6. The molecule has 28 heavy (non-hydrogen) atoms. The van der Waals surface area contributed by atoms with Gasteiger partial charge in [-0.25, -0.2) is 4.48 Å². The molecule has 2 aromatic carbocycles. The molecule has 4 nitrogen and oxygen atoms in total. The molecule has 0 saturated heterocycles. The molecule has 0 spiro atoms.